The summed E-state index contributed by atoms with van der Waals surface area (Å²) in [6, 6.07) is 3.93. The van der Waals surface area contributed by atoms with E-state index >= 15 is 0 Å². The molecule has 3 saturated heterocycles. The van der Waals surface area contributed by atoms with Crippen LogP contribution in [0.25, 0.3) is 0 Å². The van der Waals surface area contributed by atoms with E-state index in [0.717, 1.165) is 17.8 Å². The summed E-state index contributed by atoms with van der Waals surface area (Å²) in [5.41, 5.74) is 0. The first kappa shape index (κ1) is 36.4. The van der Waals surface area contributed by atoms with Gasteiger partial charge in [-0.25, -0.2) is 0 Å². The van der Waals surface area contributed by atoms with Crippen LogP contribution in [0.1, 0.15) is 41.5 Å². The van der Waals surface area contributed by atoms with Gasteiger partial charge in [-0.2, -0.15) is 0 Å². The molecule has 0 aliphatic carbocycles. The topological polar surface area (TPSA) is 22.2 Å². The van der Waals surface area contributed by atoms with Crippen LogP contribution in [0.3, 0.4) is 0 Å². The molecule has 3 aliphatic heterocycles. The van der Waals surface area contributed by atoms with Gasteiger partial charge < -0.3 is 4.12 Å². The van der Waals surface area contributed by atoms with Gasteiger partial charge in [-0.3, -0.25) is 18.9 Å². The molecule has 0 spiro atoms. The molecule has 4 radical (unpaired) electrons. The third-order valence-corrected chi connectivity index (χ3v) is 14.8. The molecule has 0 aromatic heterocycles. The Kier molecular flexibility index (Phi) is 17.8. The molecule has 0 aromatic carbocycles. The maximum absolute atomic E-state index is 5.97. The Morgan fingerprint density at radius 2 is 0.943 bits per heavy atom. The summed E-state index contributed by atoms with van der Waals surface area (Å²) in [5.74, 6) is 2.23. The van der Waals surface area contributed by atoms with E-state index in [0.29, 0.717) is 0 Å². The molecule has 35 heavy (non-hydrogen) atoms. The van der Waals surface area contributed by atoms with Crippen molar-refractivity contribution in [2.45, 2.75) is 67.7 Å². The summed E-state index contributed by atoms with van der Waals surface area (Å²) in [6.45, 7) is 41.6. The van der Waals surface area contributed by atoms with Crippen LogP contribution in [0.5, 0.6) is 0 Å². The number of rotatable bonds is 10. The summed E-state index contributed by atoms with van der Waals surface area (Å²) in [7, 11) is -3.45. The van der Waals surface area contributed by atoms with Crippen LogP contribution in [0.2, 0.25) is 26.2 Å². The molecule has 9 heteroatoms. The molecule has 0 amide bonds. The maximum atomic E-state index is 5.97. The van der Waals surface area contributed by atoms with Crippen molar-refractivity contribution < 1.29 is 25.2 Å². The van der Waals surface area contributed by atoms with E-state index in [-0.39, 0.29) is 29.4 Å². The van der Waals surface area contributed by atoms with Gasteiger partial charge in [0, 0.05) is 80.0 Å². The van der Waals surface area contributed by atoms with Gasteiger partial charge in [-0.15, -0.1) is 0 Å². The SMILES string of the molecule is CC(C)CN1CCN2CCN(CC(C)C)P1N(CC(C)C)CC2.[CH2][CH][Si](C)(C)O[Si](C)(C)[CH][CH2].[Pt]. The van der Waals surface area contributed by atoms with Crippen molar-refractivity contribution in [2.75, 3.05) is 58.9 Å². The van der Waals surface area contributed by atoms with Gasteiger partial charge in [0.2, 0.25) is 0 Å². The molecule has 0 aromatic rings. The molecular formula is C26H57N4OPPtSi2. The molecule has 3 rings (SSSR count). The Hall–Kier alpha value is 1.35. The van der Waals surface area contributed by atoms with Gasteiger partial charge in [0.1, 0.15) is 8.37 Å². The standard InChI is InChI=1S/C18H39N4P.C8H18OSi2.Pt/c1-16(2)13-20-10-7-19-8-11-21(14-17(3)4)23(20)22(12-9-19)15-18(5)6;1-7-10(3,4)9-11(5,6)8-2;/h16-18H,7-15H2,1-6H3;7-8H,1-2H2,3-6H3;. The minimum atomic E-state index is -1.58. The van der Waals surface area contributed by atoms with E-state index in [1.54, 1.807) is 0 Å². The number of hydrogen-bond acceptors (Lipinski definition) is 5. The zero-order valence-electron chi connectivity index (χ0n) is 24.6. The van der Waals surface area contributed by atoms with Crippen LogP contribution in [0.15, 0.2) is 0 Å². The van der Waals surface area contributed by atoms with Crippen LogP contribution < -0.4 is 0 Å². The fourth-order valence-electron chi connectivity index (χ4n) is 4.43. The Bertz CT molecular complexity index is 503. The Morgan fingerprint density at radius 1 is 0.657 bits per heavy atom. The molecule has 0 atom stereocenters. The molecule has 3 heterocycles. The molecule has 0 saturated carbocycles. The van der Waals surface area contributed by atoms with E-state index in [1.165, 1.54) is 58.9 Å². The van der Waals surface area contributed by atoms with Gasteiger partial charge in [-0.05, 0) is 56.0 Å². The summed E-state index contributed by atoms with van der Waals surface area (Å²) in [4.78, 5) is 2.69. The second-order valence-corrected chi connectivity index (χ2v) is 22.5. The number of fused-ring (bicyclic) bond motifs is 6. The Morgan fingerprint density at radius 3 is 1.17 bits per heavy atom. The van der Waals surface area contributed by atoms with E-state index in [2.05, 4.69) is 100 Å². The average molecular weight is 724 g/mol. The normalized spacial score (nSPS) is 23.1. The molecule has 3 aliphatic rings. The minimum Gasteiger partial charge on any atom is -0.455 e. The third-order valence-electron chi connectivity index (χ3n) is 6.02. The predicted octanol–water partition coefficient (Wildman–Crippen LogP) is 5.98. The van der Waals surface area contributed by atoms with Gasteiger partial charge in [0.05, 0.1) is 0 Å². The van der Waals surface area contributed by atoms with Crippen LogP contribution in [-0.2, 0) is 25.2 Å². The summed E-state index contributed by atoms with van der Waals surface area (Å²) >= 11 is 0. The summed E-state index contributed by atoms with van der Waals surface area (Å²) in [6.07, 6.45) is 0. The van der Waals surface area contributed by atoms with Crippen molar-refractivity contribution in [2.24, 2.45) is 17.8 Å². The first-order valence-electron chi connectivity index (χ1n) is 13.4. The zero-order valence-corrected chi connectivity index (χ0v) is 29.8. The second-order valence-electron chi connectivity index (χ2n) is 12.2. The molecule has 0 N–H and O–H groups in total. The van der Waals surface area contributed by atoms with Crippen molar-refractivity contribution in [3.63, 3.8) is 0 Å². The average Bonchev–Trinajstić information content (AvgIpc) is 2.68. The maximum Gasteiger partial charge on any atom is 0.176 e. The van der Waals surface area contributed by atoms with E-state index in [1.807, 2.05) is 12.1 Å². The molecule has 5 nitrogen and oxygen atoms in total. The van der Waals surface area contributed by atoms with Gasteiger partial charge >= 0.3 is 0 Å². The van der Waals surface area contributed by atoms with Crippen LogP contribution in [-0.4, -0.2) is 94.4 Å². The zero-order chi connectivity index (χ0) is 26.1. The molecule has 0 unspecified atom stereocenters. The Balaban J connectivity index is 0.000000822. The van der Waals surface area contributed by atoms with Crippen LogP contribution >= 0.6 is 8.37 Å². The smallest absolute Gasteiger partial charge is 0.176 e. The number of nitrogens with zero attached hydrogens (tertiary/aromatic N) is 4. The van der Waals surface area contributed by atoms with Crippen molar-refractivity contribution in [3.8, 4) is 0 Å². The van der Waals surface area contributed by atoms with Gasteiger partial charge in [0.15, 0.2) is 16.6 Å². The van der Waals surface area contributed by atoms with Crippen molar-refractivity contribution >= 4 is 25.0 Å². The molecule has 210 valence electrons. The van der Waals surface area contributed by atoms with Crippen LogP contribution in [0, 0.1) is 43.7 Å². The number of hydrogen-bond donors (Lipinski definition) is 0. The fraction of sp³-hybridized carbons (Fsp3) is 0.846. The molecule has 2 bridgehead atoms. The second kappa shape index (κ2) is 17.1. The monoisotopic (exact) mass is 723 g/mol. The van der Waals surface area contributed by atoms with Crippen molar-refractivity contribution in [1.29, 1.82) is 0 Å². The Labute approximate surface area is 238 Å². The van der Waals surface area contributed by atoms with E-state index in [9.17, 15) is 0 Å². The first-order chi connectivity index (χ1) is 15.7. The van der Waals surface area contributed by atoms with Gasteiger partial charge in [0.25, 0.3) is 0 Å². The van der Waals surface area contributed by atoms with Crippen molar-refractivity contribution in [1.82, 2.24) is 18.9 Å². The molecule has 3 fully saturated rings. The molecular weight excluding hydrogens is 667 g/mol. The predicted molar refractivity (Wildman–Crippen MR) is 158 cm³/mol. The van der Waals surface area contributed by atoms with E-state index in [4.69, 9.17) is 4.12 Å². The quantitative estimate of drug-likeness (QED) is 0.204. The largest absolute Gasteiger partial charge is 0.455 e. The van der Waals surface area contributed by atoms with Crippen molar-refractivity contribution in [3.05, 3.63) is 25.9 Å². The summed E-state index contributed by atoms with van der Waals surface area (Å²) < 4.78 is 14.5. The van der Waals surface area contributed by atoms with E-state index < -0.39 is 16.6 Å². The third kappa shape index (κ3) is 14.3. The first-order valence-corrected chi connectivity index (χ1v) is 20.6. The van der Waals surface area contributed by atoms with Crippen LogP contribution in [0.4, 0.5) is 0 Å². The summed E-state index contributed by atoms with van der Waals surface area (Å²) in [5, 5.41) is 0. The minimum absolute atomic E-state index is 0. The van der Waals surface area contributed by atoms with Gasteiger partial charge in [-0.1, -0.05) is 55.4 Å². The fourth-order valence-corrected chi connectivity index (χ4v) is 13.8.